The van der Waals surface area contributed by atoms with Gasteiger partial charge in [-0.3, -0.25) is 4.79 Å². The van der Waals surface area contributed by atoms with Gasteiger partial charge in [-0.15, -0.1) is 0 Å². The molecule has 17 heavy (non-hydrogen) atoms. The Morgan fingerprint density at radius 3 is 2.59 bits per heavy atom. The maximum Gasteiger partial charge on any atom is 0.226 e. The van der Waals surface area contributed by atoms with Crippen LogP contribution in [0.4, 0.5) is 0 Å². The van der Waals surface area contributed by atoms with E-state index in [9.17, 15) is 4.79 Å². The number of hydrogen-bond acceptors (Lipinski definition) is 3. The van der Waals surface area contributed by atoms with Crippen molar-refractivity contribution in [1.29, 1.82) is 0 Å². The molecule has 1 amide bonds. The Morgan fingerprint density at radius 1 is 1.47 bits per heavy atom. The number of aliphatic hydroxyl groups is 1. The van der Waals surface area contributed by atoms with Gasteiger partial charge in [-0.05, 0) is 39.0 Å². The molecule has 0 heterocycles. The number of nitrogens with two attached hydrogens (primary N) is 1. The second-order valence-corrected chi connectivity index (χ2v) is 5.50. The maximum absolute atomic E-state index is 12.3. The number of amides is 1. The minimum atomic E-state index is 0.0269. The van der Waals surface area contributed by atoms with Crippen LogP contribution in [-0.2, 0) is 4.79 Å². The van der Waals surface area contributed by atoms with Gasteiger partial charge in [-0.2, -0.15) is 0 Å². The summed E-state index contributed by atoms with van der Waals surface area (Å²) < 4.78 is 0. The van der Waals surface area contributed by atoms with Crippen LogP contribution in [0.2, 0.25) is 0 Å². The van der Waals surface area contributed by atoms with E-state index < -0.39 is 0 Å². The fraction of sp³-hybridized carbons (Fsp3) is 0.923. The third-order valence-corrected chi connectivity index (χ3v) is 3.85. The van der Waals surface area contributed by atoms with Crippen LogP contribution >= 0.6 is 0 Å². The molecule has 0 radical (unpaired) electrons. The lowest BCUT2D eigenvalue weighted by Gasteiger charge is -2.35. The highest BCUT2D eigenvalue weighted by molar-refractivity contribution is 5.79. The van der Waals surface area contributed by atoms with E-state index in [1.807, 2.05) is 13.8 Å². The van der Waals surface area contributed by atoms with Crippen LogP contribution in [-0.4, -0.2) is 41.1 Å². The topological polar surface area (TPSA) is 66.6 Å². The standard InChI is InChI=1S/C13H26N2O2/c1-9(2)15(6-7-16)13(17)11-5-4-10(3)12(14)8-11/h9-12,16H,4-8,14H2,1-3H3. The summed E-state index contributed by atoms with van der Waals surface area (Å²) in [6.45, 7) is 6.58. The van der Waals surface area contributed by atoms with Gasteiger partial charge in [0, 0.05) is 24.5 Å². The van der Waals surface area contributed by atoms with Gasteiger partial charge < -0.3 is 15.7 Å². The molecule has 3 N–H and O–H groups in total. The Morgan fingerprint density at radius 2 is 2.12 bits per heavy atom. The molecule has 1 aliphatic carbocycles. The van der Waals surface area contributed by atoms with Crippen LogP contribution in [0, 0.1) is 11.8 Å². The first-order valence-electron chi connectivity index (χ1n) is 6.64. The smallest absolute Gasteiger partial charge is 0.226 e. The van der Waals surface area contributed by atoms with Crippen molar-refractivity contribution in [2.75, 3.05) is 13.2 Å². The second-order valence-electron chi connectivity index (χ2n) is 5.50. The third-order valence-electron chi connectivity index (χ3n) is 3.85. The zero-order valence-electron chi connectivity index (χ0n) is 11.2. The van der Waals surface area contributed by atoms with Gasteiger partial charge in [0.05, 0.1) is 6.61 Å². The van der Waals surface area contributed by atoms with Crippen molar-refractivity contribution in [2.24, 2.45) is 17.6 Å². The second kappa shape index (κ2) is 6.36. The van der Waals surface area contributed by atoms with E-state index in [2.05, 4.69) is 6.92 Å². The molecular formula is C13H26N2O2. The maximum atomic E-state index is 12.3. The van der Waals surface area contributed by atoms with Crippen LogP contribution in [0.15, 0.2) is 0 Å². The summed E-state index contributed by atoms with van der Waals surface area (Å²) in [5, 5.41) is 9.01. The van der Waals surface area contributed by atoms with Crippen LogP contribution < -0.4 is 5.73 Å². The fourth-order valence-corrected chi connectivity index (χ4v) is 2.55. The molecule has 1 fully saturated rings. The summed E-state index contributed by atoms with van der Waals surface area (Å²) in [6.07, 6.45) is 2.75. The zero-order valence-corrected chi connectivity index (χ0v) is 11.2. The van der Waals surface area contributed by atoms with Crippen molar-refractivity contribution in [3.8, 4) is 0 Å². The molecule has 0 aliphatic heterocycles. The van der Waals surface area contributed by atoms with Gasteiger partial charge >= 0.3 is 0 Å². The molecule has 100 valence electrons. The predicted molar refractivity (Wildman–Crippen MR) is 68.4 cm³/mol. The summed E-state index contributed by atoms with van der Waals surface area (Å²) >= 11 is 0. The van der Waals surface area contributed by atoms with Gasteiger partial charge in [0.1, 0.15) is 0 Å². The van der Waals surface area contributed by atoms with Gasteiger partial charge in [0.25, 0.3) is 0 Å². The number of rotatable bonds is 4. The zero-order chi connectivity index (χ0) is 13.0. The Bertz CT molecular complexity index is 256. The molecule has 1 saturated carbocycles. The van der Waals surface area contributed by atoms with E-state index in [4.69, 9.17) is 10.8 Å². The number of aliphatic hydroxyl groups excluding tert-OH is 1. The van der Waals surface area contributed by atoms with Gasteiger partial charge in [-0.1, -0.05) is 6.92 Å². The van der Waals surface area contributed by atoms with Crippen molar-refractivity contribution in [3.05, 3.63) is 0 Å². The van der Waals surface area contributed by atoms with E-state index >= 15 is 0 Å². The van der Waals surface area contributed by atoms with Crippen molar-refractivity contribution in [2.45, 2.75) is 52.1 Å². The normalized spacial score (nSPS) is 29.4. The van der Waals surface area contributed by atoms with Gasteiger partial charge in [0.2, 0.25) is 5.91 Å². The highest BCUT2D eigenvalue weighted by atomic mass is 16.3. The Hall–Kier alpha value is -0.610. The lowest BCUT2D eigenvalue weighted by Crippen LogP contribution is -2.46. The van der Waals surface area contributed by atoms with E-state index in [0.29, 0.717) is 12.5 Å². The average Bonchev–Trinajstić information content (AvgIpc) is 2.28. The molecule has 1 rings (SSSR count). The average molecular weight is 242 g/mol. The molecular weight excluding hydrogens is 216 g/mol. The van der Waals surface area contributed by atoms with E-state index in [-0.39, 0.29) is 30.5 Å². The SMILES string of the molecule is CC1CCC(C(=O)N(CCO)C(C)C)CC1N. The first kappa shape index (κ1) is 14.5. The highest BCUT2D eigenvalue weighted by Crippen LogP contribution is 2.29. The molecule has 4 heteroatoms. The quantitative estimate of drug-likeness (QED) is 0.772. The third kappa shape index (κ3) is 3.68. The van der Waals surface area contributed by atoms with Crippen LogP contribution in [0.5, 0.6) is 0 Å². The molecule has 3 unspecified atom stereocenters. The lowest BCUT2D eigenvalue weighted by atomic mass is 9.79. The highest BCUT2D eigenvalue weighted by Gasteiger charge is 2.32. The molecule has 0 aromatic rings. The summed E-state index contributed by atoms with van der Waals surface area (Å²) in [5.74, 6) is 0.732. The number of nitrogens with zero attached hydrogens (tertiary/aromatic N) is 1. The molecule has 0 aromatic carbocycles. The minimum absolute atomic E-state index is 0.0269. The summed E-state index contributed by atoms with van der Waals surface area (Å²) in [5.41, 5.74) is 6.04. The first-order valence-corrected chi connectivity index (χ1v) is 6.64. The van der Waals surface area contributed by atoms with E-state index in [0.717, 1.165) is 19.3 Å². The van der Waals surface area contributed by atoms with Crippen LogP contribution in [0.1, 0.15) is 40.0 Å². The molecule has 1 aliphatic rings. The molecule has 4 nitrogen and oxygen atoms in total. The number of hydrogen-bond donors (Lipinski definition) is 2. The Labute approximate surface area is 104 Å². The monoisotopic (exact) mass is 242 g/mol. The van der Waals surface area contributed by atoms with Crippen molar-refractivity contribution >= 4 is 5.91 Å². The summed E-state index contributed by atoms with van der Waals surface area (Å²) in [7, 11) is 0. The lowest BCUT2D eigenvalue weighted by molar-refractivity contribution is -0.139. The molecule has 0 bridgehead atoms. The number of carbonyl (C=O) groups is 1. The molecule has 3 atom stereocenters. The minimum Gasteiger partial charge on any atom is -0.395 e. The molecule has 0 saturated heterocycles. The van der Waals surface area contributed by atoms with Gasteiger partial charge in [0.15, 0.2) is 0 Å². The van der Waals surface area contributed by atoms with Crippen molar-refractivity contribution in [3.63, 3.8) is 0 Å². The van der Waals surface area contributed by atoms with E-state index in [1.54, 1.807) is 4.90 Å². The molecule has 0 aromatic heterocycles. The van der Waals surface area contributed by atoms with Gasteiger partial charge in [-0.25, -0.2) is 0 Å². The summed E-state index contributed by atoms with van der Waals surface area (Å²) in [6, 6.07) is 0.283. The van der Waals surface area contributed by atoms with Crippen molar-refractivity contribution < 1.29 is 9.90 Å². The first-order chi connectivity index (χ1) is 7.97. The summed E-state index contributed by atoms with van der Waals surface area (Å²) in [4.78, 5) is 14.1. The van der Waals surface area contributed by atoms with Crippen LogP contribution in [0.25, 0.3) is 0 Å². The Kier molecular flexibility index (Phi) is 5.40. The Balaban J connectivity index is 2.61. The van der Waals surface area contributed by atoms with E-state index in [1.165, 1.54) is 0 Å². The predicted octanol–water partition coefficient (Wildman–Crippen LogP) is 0.979. The largest absolute Gasteiger partial charge is 0.395 e. The number of carbonyl (C=O) groups excluding carboxylic acids is 1. The molecule has 0 spiro atoms. The van der Waals surface area contributed by atoms with Crippen molar-refractivity contribution in [1.82, 2.24) is 4.90 Å². The fourth-order valence-electron chi connectivity index (χ4n) is 2.55. The van der Waals surface area contributed by atoms with Crippen LogP contribution in [0.3, 0.4) is 0 Å².